The molecule has 1 heterocycles. The van der Waals surface area contributed by atoms with Crippen molar-refractivity contribution in [2.75, 3.05) is 0 Å². The molecule has 0 radical (unpaired) electrons. The van der Waals surface area contributed by atoms with Gasteiger partial charge in [0, 0.05) is 6.54 Å². The smallest absolute Gasteiger partial charge is 0.287 e. The minimum Gasteiger partial charge on any atom is -0.455 e. The molecule has 146 valence electrons. The summed E-state index contributed by atoms with van der Waals surface area (Å²) in [6, 6.07) is 15.5. The average Bonchev–Trinajstić information content (AvgIpc) is 3.15. The number of carbonyl (C=O) groups excluding carboxylic acids is 1. The average molecular weight is 401 g/mol. The zero-order valence-electron chi connectivity index (χ0n) is 15.3. The van der Waals surface area contributed by atoms with Gasteiger partial charge in [0.1, 0.15) is 17.3 Å². The van der Waals surface area contributed by atoms with Crippen LogP contribution in [0.2, 0.25) is 0 Å². The summed E-state index contributed by atoms with van der Waals surface area (Å²) in [7, 11) is -3.59. The number of sulfone groups is 1. The zero-order chi connectivity index (χ0) is 20.1. The second kappa shape index (κ2) is 8.39. The van der Waals surface area contributed by atoms with Gasteiger partial charge in [-0.15, -0.1) is 0 Å². The summed E-state index contributed by atoms with van der Waals surface area (Å²) >= 11 is 0. The fourth-order valence-electron chi connectivity index (χ4n) is 2.81. The number of aryl methyl sites for hydroxylation is 1. The molecule has 28 heavy (non-hydrogen) atoms. The third kappa shape index (κ3) is 4.67. The Balaban J connectivity index is 1.67. The number of halogens is 1. The van der Waals surface area contributed by atoms with E-state index in [1.807, 2.05) is 6.92 Å². The standard InChI is InChI=1S/C21H20FNO4S/c1-2-16-5-3-4-6-20(16)28(25,26)14-18-11-12-19(27-18)21(24)23-13-15-7-9-17(22)10-8-15/h3-12H,2,13-14H2,1H3,(H,23,24). The Morgan fingerprint density at radius 3 is 2.46 bits per heavy atom. The van der Waals surface area contributed by atoms with Crippen LogP contribution in [0.5, 0.6) is 0 Å². The third-order valence-corrected chi connectivity index (χ3v) is 6.01. The van der Waals surface area contributed by atoms with Gasteiger partial charge in [-0.05, 0) is 47.9 Å². The van der Waals surface area contributed by atoms with Crippen molar-refractivity contribution in [2.24, 2.45) is 0 Å². The van der Waals surface area contributed by atoms with Crippen molar-refractivity contribution in [3.8, 4) is 0 Å². The maximum absolute atomic E-state index is 12.9. The Hall–Kier alpha value is -2.93. The summed E-state index contributed by atoms with van der Waals surface area (Å²) in [5, 5.41) is 2.66. The second-order valence-corrected chi connectivity index (χ2v) is 8.25. The van der Waals surface area contributed by atoms with Crippen molar-refractivity contribution < 1.29 is 22.0 Å². The minimum absolute atomic E-state index is 0.0242. The van der Waals surface area contributed by atoms with Crippen LogP contribution >= 0.6 is 0 Å². The molecule has 0 aliphatic carbocycles. The summed E-state index contributed by atoms with van der Waals surface area (Å²) in [5.41, 5.74) is 1.48. The van der Waals surface area contributed by atoms with Crippen molar-refractivity contribution in [3.63, 3.8) is 0 Å². The number of carbonyl (C=O) groups is 1. The first-order valence-electron chi connectivity index (χ1n) is 8.81. The Kier molecular flexibility index (Phi) is 5.94. The van der Waals surface area contributed by atoms with Crippen LogP contribution in [0.3, 0.4) is 0 Å². The molecule has 0 spiro atoms. The van der Waals surface area contributed by atoms with E-state index in [2.05, 4.69) is 5.32 Å². The van der Waals surface area contributed by atoms with Crippen LogP contribution in [0, 0.1) is 5.82 Å². The third-order valence-electron chi connectivity index (χ3n) is 4.27. The summed E-state index contributed by atoms with van der Waals surface area (Å²) in [6.07, 6.45) is 0.602. The van der Waals surface area contributed by atoms with Crippen molar-refractivity contribution in [3.05, 3.63) is 89.1 Å². The molecule has 5 nitrogen and oxygen atoms in total. The predicted molar refractivity (Wildman–Crippen MR) is 103 cm³/mol. The summed E-state index contributed by atoms with van der Waals surface area (Å²) in [5.74, 6) is -0.928. The molecule has 0 saturated heterocycles. The van der Waals surface area contributed by atoms with E-state index in [1.54, 1.807) is 36.4 Å². The second-order valence-electron chi connectivity index (χ2n) is 6.30. The number of rotatable bonds is 7. The van der Waals surface area contributed by atoms with Crippen LogP contribution in [0.4, 0.5) is 4.39 Å². The quantitative estimate of drug-likeness (QED) is 0.652. The lowest BCUT2D eigenvalue weighted by Gasteiger charge is -2.08. The molecule has 2 aromatic carbocycles. The number of furan rings is 1. The van der Waals surface area contributed by atoms with Crippen molar-refractivity contribution in [1.82, 2.24) is 5.32 Å². The minimum atomic E-state index is -3.59. The highest BCUT2D eigenvalue weighted by molar-refractivity contribution is 7.90. The van der Waals surface area contributed by atoms with Gasteiger partial charge in [0.05, 0.1) is 4.90 Å². The molecule has 1 aromatic heterocycles. The molecule has 0 unspecified atom stereocenters. The molecule has 3 rings (SSSR count). The van der Waals surface area contributed by atoms with Gasteiger partial charge in [-0.25, -0.2) is 12.8 Å². The molecular weight excluding hydrogens is 381 g/mol. The molecule has 0 bridgehead atoms. The maximum atomic E-state index is 12.9. The van der Waals surface area contributed by atoms with Crippen molar-refractivity contribution in [1.29, 1.82) is 0 Å². The SMILES string of the molecule is CCc1ccccc1S(=O)(=O)Cc1ccc(C(=O)NCc2ccc(F)cc2)o1. The monoisotopic (exact) mass is 401 g/mol. The van der Waals surface area contributed by atoms with E-state index in [-0.39, 0.29) is 34.5 Å². The van der Waals surface area contributed by atoms with Crippen LogP contribution in [0.25, 0.3) is 0 Å². The normalized spacial score (nSPS) is 11.4. The largest absolute Gasteiger partial charge is 0.455 e. The first kappa shape index (κ1) is 19.8. The number of hydrogen-bond acceptors (Lipinski definition) is 4. The summed E-state index contributed by atoms with van der Waals surface area (Å²) < 4.78 is 43.8. The number of hydrogen-bond donors (Lipinski definition) is 1. The van der Waals surface area contributed by atoms with Crippen LogP contribution < -0.4 is 5.32 Å². The molecule has 0 saturated carbocycles. The van der Waals surface area contributed by atoms with Gasteiger partial charge in [-0.2, -0.15) is 0 Å². The van der Waals surface area contributed by atoms with Crippen LogP contribution in [0.15, 0.2) is 70.0 Å². The van der Waals surface area contributed by atoms with E-state index in [1.165, 1.54) is 24.3 Å². The summed E-state index contributed by atoms with van der Waals surface area (Å²) in [6.45, 7) is 2.10. The molecule has 0 aliphatic rings. The molecule has 1 N–H and O–H groups in total. The van der Waals surface area contributed by atoms with Crippen molar-refractivity contribution >= 4 is 15.7 Å². The van der Waals surface area contributed by atoms with Gasteiger partial charge < -0.3 is 9.73 Å². The lowest BCUT2D eigenvalue weighted by molar-refractivity contribution is 0.0921. The van der Waals surface area contributed by atoms with Gasteiger partial charge in [-0.1, -0.05) is 37.3 Å². The van der Waals surface area contributed by atoms with Crippen LogP contribution in [0.1, 0.15) is 34.4 Å². The number of benzene rings is 2. The molecule has 0 atom stereocenters. The lowest BCUT2D eigenvalue weighted by atomic mass is 10.2. The first-order valence-corrected chi connectivity index (χ1v) is 10.5. The van der Waals surface area contributed by atoms with Gasteiger partial charge in [-0.3, -0.25) is 4.79 Å². The lowest BCUT2D eigenvalue weighted by Crippen LogP contribution is -2.22. The fraction of sp³-hybridized carbons (Fsp3) is 0.190. The Labute approximate surface area is 163 Å². The van der Waals surface area contributed by atoms with E-state index >= 15 is 0 Å². The van der Waals surface area contributed by atoms with Crippen molar-refractivity contribution in [2.45, 2.75) is 30.5 Å². The first-order chi connectivity index (χ1) is 13.4. The highest BCUT2D eigenvalue weighted by atomic mass is 32.2. The van der Waals surface area contributed by atoms with E-state index in [0.29, 0.717) is 6.42 Å². The molecule has 0 fully saturated rings. The molecule has 1 amide bonds. The Morgan fingerprint density at radius 1 is 1.04 bits per heavy atom. The zero-order valence-corrected chi connectivity index (χ0v) is 16.1. The van der Waals surface area contributed by atoms with Gasteiger partial charge in [0.2, 0.25) is 0 Å². The highest BCUT2D eigenvalue weighted by Crippen LogP contribution is 2.22. The molecule has 3 aromatic rings. The van der Waals surface area contributed by atoms with E-state index < -0.39 is 15.7 Å². The van der Waals surface area contributed by atoms with Gasteiger partial charge in [0.15, 0.2) is 15.6 Å². The fourth-order valence-corrected chi connectivity index (χ4v) is 4.40. The topological polar surface area (TPSA) is 76.4 Å². The Bertz CT molecular complexity index is 1070. The Morgan fingerprint density at radius 2 is 1.75 bits per heavy atom. The highest BCUT2D eigenvalue weighted by Gasteiger charge is 2.21. The van der Waals surface area contributed by atoms with Gasteiger partial charge >= 0.3 is 0 Å². The maximum Gasteiger partial charge on any atom is 0.287 e. The molecular formula is C21H20FNO4S. The van der Waals surface area contributed by atoms with E-state index in [0.717, 1.165) is 11.1 Å². The predicted octanol–water partition coefficient (Wildman–Crippen LogP) is 3.89. The van der Waals surface area contributed by atoms with E-state index in [4.69, 9.17) is 4.42 Å². The van der Waals surface area contributed by atoms with Crippen LogP contribution in [-0.4, -0.2) is 14.3 Å². The number of nitrogens with one attached hydrogen (secondary N) is 1. The van der Waals surface area contributed by atoms with Gasteiger partial charge in [0.25, 0.3) is 5.91 Å². The molecule has 7 heteroatoms. The molecule has 0 aliphatic heterocycles. The number of amides is 1. The summed E-state index contributed by atoms with van der Waals surface area (Å²) in [4.78, 5) is 12.5. The van der Waals surface area contributed by atoms with E-state index in [9.17, 15) is 17.6 Å². The van der Waals surface area contributed by atoms with Crippen LogP contribution in [-0.2, 0) is 28.6 Å².